The fourth-order valence-electron chi connectivity index (χ4n) is 1.04. The molecule has 0 aliphatic rings. The molecule has 0 aliphatic carbocycles. The van der Waals surface area contributed by atoms with E-state index in [-0.39, 0.29) is 37.1 Å². The van der Waals surface area contributed by atoms with Gasteiger partial charge in [0, 0.05) is 13.1 Å². The molecular weight excluding hydrogens is 290 g/mol. The Kier molecular flexibility index (Phi) is 5.23. The second-order valence-electron chi connectivity index (χ2n) is 3.04. The molecule has 6 nitrogen and oxygen atoms in total. The molecule has 0 radical (unpaired) electrons. The molecule has 1 aromatic heterocycles. The van der Waals surface area contributed by atoms with Crippen molar-refractivity contribution in [3.8, 4) is 6.07 Å². The van der Waals surface area contributed by atoms with Gasteiger partial charge in [0.25, 0.3) is 5.91 Å². The van der Waals surface area contributed by atoms with Crippen LogP contribution in [0.4, 0.5) is 0 Å². The topological polar surface area (TPSA) is 95.1 Å². The lowest BCUT2D eigenvalue weighted by atomic mass is 10.4. The summed E-state index contributed by atoms with van der Waals surface area (Å²) in [5.41, 5.74) is 0. The molecule has 0 atom stereocenters. The highest BCUT2D eigenvalue weighted by atomic mass is 79.9. The van der Waals surface area contributed by atoms with E-state index in [0.717, 1.165) is 0 Å². The molecule has 0 aliphatic heterocycles. The maximum atomic E-state index is 11.4. The smallest absolute Gasteiger partial charge is 0.287 e. The highest BCUT2D eigenvalue weighted by molar-refractivity contribution is 9.10. The van der Waals surface area contributed by atoms with Crippen LogP contribution in [0, 0.1) is 11.3 Å². The first kappa shape index (κ1) is 13.3. The fraction of sp³-hybridized carbons (Fsp3) is 0.300. The summed E-state index contributed by atoms with van der Waals surface area (Å²) in [4.78, 5) is 22.3. The molecule has 1 rings (SSSR count). The first-order chi connectivity index (χ1) is 8.13. The third kappa shape index (κ3) is 4.70. The van der Waals surface area contributed by atoms with Gasteiger partial charge in [-0.1, -0.05) is 0 Å². The molecule has 0 saturated heterocycles. The number of amides is 2. The maximum Gasteiger partial charge on any atom is 0.287 e. The highest BCUT2D eigenvalue weighted by Gasteiger charge is 2.09. The van der Waals surface area contributed by atoms with Crippen LogP contribution in [-0.2, 0) is 4.79 Å². The molecule has 0 unspecified atom stereocenters. The summed E-state index contributed by atoms with van der Waals surface area (Å²) in [5.74, 6) is -0.520. The molecule has 0 fully saturated rings. The van der Waals surface area contributed by atoms with E-state index in [2.05, 4.69) is 26.6 Å². The lowest BCUT2D eigenvalue weighted by molar-refractivity contribution is -0.120. The Balaban J connectivity index is 2.21. The third-order valence-corrected chi connectivity index (χ3v) is 2.20. The van der Waals surface area contributed by atoms with Gasteiger partial charge in [0.2, 0.25) is 5.91 Å². The number of nitriles is 1. The molecule has 0 saturated carbocycles. The zero-order valence-corrected chi connectivity index (χ0v) is 10.4. The van der Waals surface area contributed by atoms with Crippen LogP contribution in [0.1, 0.15) is 17.0 Å². The molecule has 90 valence electrons. The SMILES string of the molecule is N#CCC(=O)NCCNC(=O)c1ccc(Br)o1. The van der Waals surface area contributed by atoms with Crippen LogP contribution < -0.4 is 10.6 Å². The average molecular weight is 300 g/mol. The highest BCUT2D eigenvalue weighted by Crippen LogP contribution is 2.13. The predicted octanol–water partition coefficient (Wildman–Crippen LogP) is 0.802. The Hall–Kier alpha value is -1.81. The van der Waals surface area contributed by atoms with Gasteiger partial charge in [-0.25, -0.2) is 0 Å². The van der Waals surface area contributed by atoms with Gasteiger partial charge < -0.3 is 15.1 Å². The van der Waals surface area contributed by atoms with E-state index >= 15 is 0 Å². The number of nitrogens with zero attached hydrogens (tertiary/aromatic N) is 1. The minimum absolute atomic E-state index is 0.181. The van der Waals surface area contributed by atoms with Crippen molar-refractivity contribution in [1.29, 1.82) is 5.26 Å². The molecule has 7 heteroatoms. The van der Waals surface area contributed by atoms with Crippen molar-refractivity contribution in [3.05, 3.63) is 22.6 Å². The van der Waals surface area contributed by atoms with Crippen molar-refractivity contribution in [3.63, 3.8) is 0 Å². The average Bonchev–Trinajstić information content (AvgIpc) is 2.71. The van der Waals surface area contributed by atoms with E-state index in [1.165, 1.54) is 6.07 Å². The minimum Gasteiger partial charge on any atom is -0.444 e. The second kappa shape index (κ2) is 6.70. The largest absolute Gasteiger partial charge is 0.444 e. The molecule has 0 aromatic carbocycles. The molecule has 1 aromatic rings. The Labute approximate surface area is 106 Å². The van der Waals surface area contributed by atoms with Gasteiger partial charge in [-0.05, 0) is 28.1 Å². The quantitative estimate of drug-likeness (QED) is 0.786. The number of carbonyl (C=O) groups excluding carboxylic acids is 2. The van der Waals surface area contributed by atoms with E-state index in [0.29, 0.717) is 4.67 Å². The number of halogens is 1. The molecule has 2 amide bonds. The van der Waals surface area contributed by atoms with Gasteiger partial charge in [0.05, 0.1) is 6.07 Å². The zero-order chi connectivity index (χ0) is 12.7. The van der Waals surface area contributed by atoms with E-state index in [4.69, 9.17) is 9.68 Å². The molecule has 0 bridgehead atoms. The van der Waals surface area contributed by atoms with Gasteiger partial charge in [0.1, 0.15) is 6.42 Å². The molecule has 0 spiro atoms. The van der Waals surface area contributed by atoms with E-state index in [1.54, 1.807) is 12.1 Å². The third-order valence-electron chi connectivity index (χ3n) is 1.77. The van der Waals surface area contributed by atoms with Gasteiger partial charge in [-0.15, -0.1) is 0 Å². The van der Waals surface area contributed by atoms with E-state index < -0.39 is 0 Å². The lowest BCUT2D eigenvalue weighted by Crippen LogP contribution is -2.34. The Morgan fingerprint density at radius 2 is 2.06 bits per heavy atom. The summed E-state index contributed by atoms with van der Waals surface area (Å²) < 4.78 is 5.51. The van der Waals surface area contributed by atoms with Crippen LogP contribution in [-0.4, -0.2) is 24.9 Å². The number of nitrogens with one attached hydrogen (secondary N) is 2. The number of hydrogen-bond donors (Lipinski definition) is 2. The van der Waals surface area contributed by atoms with Crippen LogP contribution in [0.25, 0.3) is 0 Å². The first-order valence-electron chi connectivity index (χ1n) is 4.80. The van der Waals surface area contributed by atoms with Crippen molar-refractivity contribution in [1.82, 2.24) is 10.6 Å². The molecule has 17 heavy (non-hydrogen) atoms. The second-order valence-corrected chi connectivity index (χ2v) is 3.83. The number of hydrogen-bond acceptors (Lipinski definition) is 4. The number of furan rings is 1. The van der Waals surface area contributed by atoms with E-state index in [9.17, 15) is 9.59 Å². The zero-order valence-electron chi connectivity index (χ0n) is 8.83. The summed E-state index contributed by atoms with van der Waals surface area (Å²) >= 11 is 3.08. The fourth-order valence-corrected chi connectivity index (χ4v) is 1.34. The molecular formula is C10H10BrN3O3. The summed E-state index contributed by atoms with van der Waals surface area (Å²) in [5, 5.41) is 13.3. The van der Waals surface area contributed by atoms with Gasteiger partial charge >= 0.3 is 0 Å². The van der Waals surface area contributed by atoms with Crippen molar-refractivity contribution in [2.75, 3.05) is 13.1 Å². The van der Waals surface area contributed by atoms with Crippen molar-refractivity contribution < 1.29 is 14.0 Å². The predicted molar refractivity (Wildman–Crippen MR) is 62.0 cm³/mol. The van der Waals surface area contributed by atoms with Gasteiger partial charge in [-0.2, -0.15) is 5.26 Å². The van der Waals surface area contributed by atoms with Crippen LogP contribution in [0.3, 0.4) is 0 Å². The van der Waals surface area contributed by atoms with E-state index in [1.807, 2.05) is 0 Å². The summed E-state index contributed by atoms with van der Waals surface area (Å²) in [6.45, 7) is 0.544. The Bertz CT molecular complexity index is 450. The van der Waals surface area contributed by atoms with Crippen molar-refractivity contribution in [2.45, 2.75) is 6.42 Å². The summed E-state index contributed by atoms with van der Waals surface area (Å²) in [6, 6.07) is 4.88. The summed E-state index contributed by atoms with van der Waals surface area (Å²) in [6.07, 6.45) is -0.181. The van der Waals surface area contributed by atoms with Crippen LogP contribution in [0.15, 0.2) is 21.2 Å². The Morgan fingerprint density at radius 1 is 1.35 bits per heavy atom. The number of carbonyl (C=O) groups is 2. The molecule has 2 N–H and O–H groups in total. The lowest BCUT2D eigenvalue weighted by Gasteiger charge is -2.03. The van der Waals surface area contributed by atoms with Crippen LogP contribution in [0.2, 0.25) is 0 Å². The standard InChI is InChI=1S/C10H10BrN3O3/c11-8-2-1-7(17-8)10(16)14-6-5-13-9(15)3-4-12/h1-2H,3,5-6H2,(H,13,15)(H,14,16). The Morgan fingerprint density at radius 3 is 2.65 bits per heavy atom. The number of rotatable bonds is 5. The van der Waals surface area contributed by atoms with Gasteiger partial charge in [-0.3, -0.25) is 9.59 Å². The summed E-state index contributed by atoms with van der Waals surface area (Å²) in [7, 11) is 0. The first-order valence-corrected chi connectivity index (χ1v) is 5.60. The van der Waals surface area contributed by atoms with Crippen molar-refractivity contribution in [2.24, 2.45) is 0 Å². The van der Waals surface area contributed by atoms with Gasteiger partial charge in [0.15, 0.2) is 10.4 Å². The van der Waals surface area contributed by atoms with Crippen molar-refractivity contribution >= 4 is 27.7 Å². The molecule has 1 heterocycles. The minimum atomic E-state index is -0.359. The monoisotopic (exact) mass is 299 g/mol. The maximum absolute atomic E-state index is 11.4. The van der Waals surface area contributed by atoms with Crippen LogP contribution >= 0.6 is 15.9 Å². The normalized spacial score (nSPS) is 9.41. The van der Waals surface area contributed by atoms with Crippen LogP contribution in [0.5, 0.6) is 0 Å².